The normalized spacial score (nSPS) is 10.2. The van der Waals surface area contributed by atoms with Crippen LogP contribution in [0.2, 0.25) is 0 Å². The molecule has 0 unspecified atom stereocenters. The van der Waals surface area contributed by atoms with Gasteiger partial charge in [0.1, 0.15) is 0 Å². The van der Waals surface area contributed by atoms with Crippen LogP contribution in [0.15, 0.2) is 30.3 Å². The minimum atomic E-state index is 1.02. The lowest BCUT2D eigenvalue weighted by Crippen LogP contribution is -2.08. The van der Waals surface area contributed by atoms with Crippen LogP contribution in [0.5, 0.6) is 0 Å². The third-order valence-electron chi connectivity index (χ3n) is 2.01. The Morgan fingerprint density at radius 2 is 1.85 bits per heavy atom. The summed E-state index contributed by atoms with van der Waals surface area (Å²) in [6.45, 7) is 4.21. The van der Waals surface area contributed by atoms with Crippen molar-refractivity contribution in [3.63, 3.8) is 0 Å². The molecule has 1 heteroatoms. The van der Waals surface area contributed by atoms with E-state index < -0.39 is 0 Å². The maximum Gasteiger partial charge on any atom is 0.0136 e. The van der Waals surface area contributed by atoms with Crippen LogP contribution in [0.1, 0.15) is 25.3 Å². The Morgan fingerprint density at radius 1 is 1.08 bits per heavy atom. The molecule has 0 saturated heterocycles. The van der Waals surface area contributed by atoms with E-state index in [1.165, 1.54) is 18.4 Å². The van der Waals surface area contributed by atoms with E-state index in [0.29, 0.717) is 0 Å². The molecule has 0 aliphatic rings. The molecule has 0 N–H and O–H groups in total. The van der Waals surface area contributed by atoms with Gasteiger partial charge in [-0.05, 0) is 24.8 Å². The molecule has 1 nitrogen and oxygen atoms in total. The first-order chi connectivity index (χ1) is 6.43. The molecule has 0 fully saturated rings. The van der Waals surface area contributed by atoms with Crippen molar-refractivity contribution in [2.75, 3.05) is 13.1 Å². The fraction of sp³-hybridized carbons (Fsp3) is 0.500. The largest absolute Gasteiger partial charge is 0.242 e. The Balaban J connectivity index is 2.07. The lowest BCUT2D eigenvalue weighted by molar-refractivity contribution is 0.628. The molecule has 0 aromatic heterocycles. The van der Waals surface area contributed by atoms with Crippen molar-refractivity contribution in [2.24, 2.45) is 0 Å². The molecule has 1 rings (SSSR count). The molecule has 1 aromatic carbocycles. The number of rotatable bonds is 6. The van der Waals surface area contributed by atoms with E-state index in [9.17, 15) is 0 Å². The van der Waals surface area contributed by atoms with Crippen molar-refractivity contribution >= 4 is 0 Å². The molecule has 0 bridgehead atoms. The topological polar surface area (TPSA) is 14.1 Å². The van der Waals surface area contributed by atoms with Gasteiger partial charge in [0.2, 0.25) is 0 Å². The van der Waals surface area contributed by atoms with E-state index in [2.05, 4.69) is 42.6 Å². The van der Waals surface area contributed by atoms with Crippen LogP contribution in [-0.2, 0) is 6.42 Å². The maximum absolute atomic E-state index is 4.40. The maximum atomic E-state index is 4.40. The summed E-state index contributed by atoms with van der Waals surface area (Å²) in [5, 5.41) is 4.40. The van der Waals surface area contributed by atoms with Gasteiger partial charge in [-0.1, -0.05) is 37.3 Å². The van der Waals surface area contributed by atoms with Gasteiger partial charge in [0.15, 0.2) is 0 Å². The summed E-state index contributed by atoms with van der Waals surface area (Å²) in [6, 6.07) is 10.6. The zero-order valence-corrected chi connectivity index (χ0v) is 8.37. The number of nitrogens with zero attached hydrogens (tertiary/aromatic N) is 1. The lowest BCUT2D eigenvalue weighted by atomic mass is 10.1. The summed E-state index contributed by atoms with van der Waals surface area (Å²) in [5.74, 6) is 0. The van der Waals surface area contributed by atoms with E-state index in [1.807, 2.05) is 0 Å². The standard InChI is InChI=1S/C12H18N/c1-2-10-13-11-6-9-12-7-4-3-5-8-12/h3-5,7-8H,2,6,9-11H2,1H3. The van der Waals surface area contributed by atoms with Gasteiger partial charge >= 0.3 is 0 Å². The van der Waals surface area contributed by atoms with Crippen molar-refractivity contribution in [3.05, 3.63) is 35.9 Å². The molecule has 0 aliphatic heterocycles. The molecule has 0 atom stereocenters. The molecule has 71 valence electrons. The molecule has 0 spiro atoms. The summed E-state index contributed by atoms with van der Waals surface area (Å²) >= 11 is 0. The van der Waals surface area contributed by atoms with Crippen LogP contribution in [0, 0.1) is 0 Å². The first-order valence-electron chi connectivity index (χ1n) is 5.10. The Morgan fingerprint density at radius 3 is 2.54 bits per heavy atom. The quantitative estimate of drug-likeness (QED) is 0.592. The fourth-order valence-corrected chi connectivity index (χ4v) is 1.31. The molecule has 0 heterocycles. The zero-order chi connectivity index (χ0) is 9.36. The first kappa shape index (κ1) is 10.3. The number of aryl methyl sites for hydroxylation is 1. The second-order valence-corrected chi connectivity index (χ2v) is 3.26. The minimum Gasteiger partial charge on any atom is -0.242 e. The van der Waals surface area contributed by atoms with E-state index in [-0.39, 0.29) is 0 Å². The Bertz CT molecular complexity index is 206. The monoisotopic (exact) mass is 176 g/mol. The van der Waals surface area contributed by atoms with Crippen molar-refractivity contribution in [1.82, 2.24) is 5.32 Å². The lowest BCUT2D eigenvalue weighted by Gasteiger charge is -2.01. The Labute approximate surface area is 81.2 Å². The summed E-state index contributed by atoms with van der Waals surface area (Å²) in [6.07, 6.45) is 3.52. The van der Waals surface area contributed by atoms with Crippen LogP contribution in [0.4, 0.5) is 0 Å². The van der Waals surface area contributed by atoms with Gasteiger partial charge in [-0.25, -0.2) is 5.32 Å². The van der Waals surface area contributed by atoms with Crippen LogP contribution < -0.4 is 5.32 Å². The Hall–Kier alpha value is -0.820. The van der Waals surface area contributed by atoms with Crippen LogP contribution in [-0.4, -0.2) is 13.1 Å². The van der Waals surface area contributed by atoms with Gasteiger partial charge < -0.3 is 0 Å². The van der Waals surface area contributed by atoms with Crippen LogP contribution >= 0.6 is 0 Å². The van der Waals surface area contributed by atoms with Crippen molar-refractivity contribution < 1.29 is 0 Å². The molecule has 1 aromatic rings. The molecule has 0 saturated carbocycles. The van der Waals surface area contributed by atoms with Gasteiger partial charge in [0, 0.05) is 13.1 Å². The van der Waals surface area contributed by atoms with Crippen LogP contribution in [0.3, 0.4) is 0 Å². The third kappa shape index (κ3) is 4.69. The predicted octanol–water partition coefficient (Wildman–Crippen LogP) is 2.63. The van der Waals surface area contributed by atoms with Crippen LogP contribution in [0.25, 0.3) is 0 Å². The summed E-state index contributed by atoms with van der Waals surface area (Å²) in [5.41, 5.74) is 1.43. The van der Waals surface area contributed by atoms with Gasteiger partial charge in [-0.2, -0.15) is 0 Å². The highest BCUT2D eigenvalue weighted by atomic mass is 14.8. The molecular formula is C12H18N. The van der Waals surface area contributed by atoms with Gasteiger partial charge in [-0.3, -0.25) is 0 Å². The SMILES string of the molecule is CCC[N]CCCc1ccccc1. The average molecular weight is 176 g/mol. The van der Waals surface area contributed by atoms with Gasteiger partial charge in [0.25, 0.3) is 0 Å². The highest BCUT2D eigenvalue weighted by Crippen LogP contribution is 2.01. The molecule has 1 radical (unpaired) electrons. The van der Waals surface area contributed by atoms with E-state index in [0.717, 1.165) is 19.5 Å². The van der Waals surface area contributed by atoms with Crippen molar-refractivity contribution in [3.8, 4) is 0 Å². The van der Waals surface area contributed by atoms with Crippen molar-refractivity contribution in [2.45, 2.75) is 26.2 Å². The second kappa shape index (κ2) is 6.67. The first-order valence-corrected chi connectivity index (χ1v) is 5.10. The van der Waals surface area contributed by atoms with Gasteiger partial charge in [0.05, 0.1) is 0 Å². The number of hydrogen-bond acceptors (Lipinski definition) is 0. The highest BCUT2D eigenvalue weighted by Gasteiger charge is 1.91. The summed E-state index contributed by atoms with van der Waals surface area (Å²) in [7, 11) is 0. The predicted molar refractivity (Wildman–Crippen MR) is 56.9 cm³/mol. The highest BCUT2D eigenvalue weighted by molar-refractivity contribution is 5.14. The molecule has 0 aliphatic carbocycles. The molecule has 13 heavy (non-hydrogen) atoms. The minimum absolute atomic E-state index is 1.02. The number of hydrogen-bond donors (Lipinski definition) is 0. The summed E-state index contributed by atoms with van der Waals surface area (Å²) in [4.78, 5) is 0. The summed E-state index contributed by atoms with van der Waals surface area (Å²) < 4.78 is 0. The third-order valence-corrected chi connectivity index (χ3v) is 2.01. The van der Waals surface area contributed by atoms with Crippen molar-refractivity contribution in [1.29, 1.82) is 0 Å². The smallest absolute Gasteiger partial charge is 0.0136 e. The number of benzene rings is 1. The van der Waals surface area contributed by atoms with E-state index >= 15 is 0 Å². The second-order valence-electron chi connectivity index (χ2n) is 3.26. The van der Waals surface area contributed by atoms with E-state index in [1.54, 1.807) is 0 Å². The van der Waals surface area contributed by atoms with Gasteiger partial charge in [-0.15, -0.1) is 0 Å². The molecule has 0 amide bonds. The Kier molecular flexibility index (Phi) is 5.27. The fourth-order valence-electron chi connectivity index (χ4n) is 1.31. The van der Waals surface area contributed by atoms with E-state index in [4.69, 9.17) is 0 Å². The average Bonchev–Trinajstić information content (AvgIpc) is 2.19. The molecular weight excluding hydrogens is 158 g/mol. The zero-order valence-electron chi connectivity index (χ0n) is 8.37.